The van der Waals surface area contributed by atoms with Crippen LogP contribution in [0.4, 0.5) is 0 Å². The third-order valence-corrected chi connectivity index (χ3v) is 10.6. The summed E-state index contributed by atoms with van der Waals surface area (Å²) >= 11 is 0. The van der Waals surface area contributed by atoms with Crippen LogP contribution in [-0.2, 0) is 5.41 Å². The second kappa shape index (κ2) is 11.3. The predicted molar refractivity (Wildman–Crippen MR) is 209 cm³/mol. The van der Waals surface area contributed by atoms with Gasteiger partial charge in [0.05, 0.1) is 22.2 Å². The minimum absolute atomic E-state index is 0.0801. The summed E-state index contributed by atoms with van der Waals surface area (Å²) in [5.41, 5.74) is 16.7. The van der Waals surface area contributed by atoms with E-state index in [1.807, 2.05) is 36.7 Å². The summed E-state index contributed by atoms with van der Waals surface area (Å²) in [4.78, 5) is 9.44. The van der Waals surface area contributed by atoms with Crippen molar-refractivity contribution in [1.82, 2.24) is 20.2 Å². The third-order valence-electron chi connectivity index (χ3n) is 10.6. The van der Waals surface area contributed by atoms with E-state index in [1.165, 1.54) is 27.8 Å². The second-order valence-electron chi connectivity index (χ2n) is 14.0. The fourth-order valence-corrected chi connectivity index (χ4v) is 7.87. The molecule has 51 heavy (non-hydrogen) atoms. The molecule has 1 aliphatic rings. The van der Waals surface area contributed by atoms with E-state index in [9.17, 15) is 0 Å². The molecule has 0 unspecified atom stereocenters. The normalized spacial score (nSPS) is 13.1. The zero-order valence-electron chi connectivity index (χ0n) is 28.3. The zero-order valence-corrected chi connectivity index (χ0v) is 28.3. The molecule has 3 heterocycles. The molecular formula is C47H32N4. The van der Waals surface area contributed by atoms with Crippen LogP contribution in [-0.4, -0.2) is 20.2 Å². The first-order valence-electron chi connectivity index (χ1n) is 17.4. The Balaban J connectivity index is 1.08. The van der Waals surface area contributed by atoms with Gasteiger partial charge >= 0.3 is 0 Å². The van der Waals surface area contributed by atoms with E-state index in [1.54, 1.807) is 0 Å². The summed E-state index contributed by atoms with van der Waals surface area (Å²) in [6.07, 6.45) is 3.78. The molecule has 240 valence electrons. The van der Waals surface area contributed by atoms with E-state index in [0.717, 1.165) is 71.8 Å². The first kappa shape index (κ1) is 29.4. The van der Waals surface area contributed by atoms with Gasteiger partial charge in [-0.3, -0.25) is 9.97 Å². The Kier molecular flexibility index (Phi) is 6.49. The standard InChI is InChI=1S/C47H32N4/c1-47(2)41-11-5-4-10-39(41)40-20-19-32(26-42(40)47)36-23-35(24-37(25-36)44-27-33-8-3-6-12-43(33)50-51-44)29-13-15-30(16-14-29)38-22-34-18-17-31-9-7-21-48-45(31)46(34)49-28-38/h3-28H,1-2H3. The van der Waals surface area contributed by atoms with Gasteiger partial charge in [-0.25, -0.2) is 0 Å². The molecule has 0 fully saturated rings. The van der Waals surface area contributed by atoms with Crippen molar-refractivity contribution in [2.45, 2.75) is 19.3 Å². The number of aromatic nitrogens is 4. The van der Waals surface area contributed by atoms with Gasteiger partial charge in [-0.2, -0.15) is 0 Å². The van der Waals surface area contributed by atoms with Gasteiger partial charge in [-0.1, -0.05) is 111 Å². The van der Waals surface area contributed by atoms with Gasteiger partial charge in [0.15, 0.2) is 0 Å². The van der Waals surface area contributed by atoms with Gasteiger partial charge in [0, 0.05) is 45.1 Å². The zero-order chi connectivity index (χ0) is 34.1. The molecule has 0 spiro atoms. The van der Waals surface area contributed by atoms with Crippen LogP contribution < -0.4 is 0 Å². The maximum atomic E-state index is 4.85. The van der Waals surface area contributed by atoms with E-state index in [4.69, 9.17) is 10.1 Å². The minimum Gasteiger partial charge on any atom is -0.254 e. The number of hydrogen-bond acceptors (Lipinski definition) is 4. The highest BCUT2D eigenvalue weighted by Gasteiger charge is 2.35. The summed E-state index contributed by atoms with van der Waals surface area (Å²) in [7, 11) is 0. The second-order valence-corrected chi connectivity index (χ2v) is 14.0. The Morgan fingerprint density at radius 2 is 1.08 bits per heavy atom. The van der Waals surface area contributed by atoms with Crippen molar-refractivity contribution in [3.05, 3.63) is 169 Å². The lowest BCUT2D eigenvalue weighted by molar-refractivity contribution is 0.660. The van der Waals surface area contributed by atoms with Crippen LogP contribution in [0, 0.1) is 0 Å². The smallest absolute Gasteiger partial charge is 0.0964 e. The highest BCUT2D eigenvalue weighted by atomic mass is 15.1. The molecule has 0 saturated carbocycles. The maximum Gasteiger partial charge on any atom is 0.0964 e. The van der Waals surface area contributed by atoms with Gasteiger partial charge in [0.25, 0.3) is 0 Å². The Labute approximate surface area is 296 Å². The van der Waals surface area contributed by atoms with Crippen LogP contribution in [0.5, 0.6) is 0 Å². The highest BCUT2D eigenvalue weighted by Crippen LogP contribution is 2.49. The summed E-state index contributed by atoms with van der Waals surface area (Å²) in [6.45, 7) is 4.67. The van der Waals surface area contributed by atoms with Crippen molar-refractivity contribution in [2.24, 2.45) is 0 Å². The Bertz CT molecular complexity index is 2830. The first-order chi connectivity index (χ1) is 25.0. The molecule has 1 aliphatic carbocycles. The monoisotopic (exact) mass is 652 g/mol. The molecule has 0 amide bonds. The average Bonchev–Trinajstić information content (AvgIpc) is 3.42. The van der Waals surface area contributed by atoms with Crippen LogP contribution in [0.1, 0.15) is 25.0 Å². The molecule has 0 atom stereocenters. The lowest BCUT2D eigenvalue weighted by atomic mass is 9.81. The topological polar surface area (TPSA) is 51.6 Å². The number of fused-ring (bicyclic) bond motifs is 7. The number of benzene rings is 6. The van der Waals surface area contributed by atoms with E-state index in [-0.39, 0.29) is 5.41 Å². The van der Waals surface area contributed by atoms with Crippen molar-refractivity contribution in [2.75, 3.05) is 0 Å². The summed E-state index contributed by atoms with van der Waals surface area (Å²) in [5.74, 6) is 0. The van der Waals surface area contributed by atoms with Crippen LogP contribution >= 0.6 is 0 Å². The highest BCUT2D eigenvalue weighted by molar-refractivity contribution is 6.03. The number of hydrogen-bond donors (Lipinski definition) is 0. The van der Waals surface area contributed by atoms with Crippen LogP contribution in [0.2, 0.25) is 0 Å². The van der Waals surface area contributed by atoms with E-state index in [0.29, 0.717) is 0 Å². The molecule has 9 aromatic rings. The molecular weight excluding hydrogens is 621 g/mol. The van der Waals surface area contributed by atoms with E-state index >= 15 is 0 Å². The summed E-state index contributed by atoms with van der Waals surface area (Å²) in [6, 6.07) is 52.1. The SMILES string of the molecule is CC1(C)c2ccccc2-c2ccc(-c3cc(-c4ccc(-c5cnc6c(ccc7cccnc76)c5)cc4)cc(-c4cc5ccccc5nn4)c3)cc21. The number of rotatable bonds is 4. The van der Waals surface area contributed by atoms with Crippen molar-refractivity contribution >= 4 is 32.7 Å². The van der Waals surface area contributed by atoms with Gasteiger partial charge in [-0.05, 0) is 98.6 Å². The first-order valence-corrected chi connectivity index (χ1v) is 17.4. The Morgan fingerprint density at radius 3 is 1.96 bits per heavy atom. The van der Waals surface area contributed by atoms with Gasteiger partial charge in [-0.15, -0.1) is 10.2 Å². The van der Waals surface area contributed by atoms with Gasteiger partial charge in [0.1, 0.15) is 0 Å². The molecule has 0 radical (unpaired) electrons. The molecule has 10 rings (SSSR count). The van der Waals surface area contributed by atoms with Crippen LogP contribution in [0.3, 0.4) is 0 Å². The average molecular weight is 653 g/mol. The molecule has 0 N–H and O–H groups in total. The van der Waals surface area contributed by atoms with E-state index < -0.39 is 0 Å². The molecule has 0 saturated heterocycles. The fraction of sp³-hybridized carbons (Fsp3) is 0.0638. The molecule has 3 aromatic heterocycles. The van der Waals surface area contributed by atoms with Gasteiger partial charge in [0.2, 0.25) is 0 Å². The number of pyridine rings is 2. The molecule has 0 aliphatic heterocycles. The van der Waals surface area contributed by atoms with E-state index in [2.05, 4.69) is 145 Å². The third kappa shape index (κ3) is 4.83. The quantitative estimate of drug-likeness (QED) is 0.178. The Hall–Kier alpha value is -6.52. The van der Waals surface area contributed by atoms with Crippen molar-refractivity contribution in [3.8, 4) is 55.8 Å². The molecule has 0 bridgehead atoms. The van der Waals surface area contributed by atoms with Crippen molar-refractivity contribution in [3.63, 3.8) is 0 Å². The molecule has 6 aromatic carbocycles. The minimum atomic E-state index is -0.0801. The van der Waals surface area contributed by atoms with Crippen LogP contribution in [0.15, 0.2) is 158 Å². The van der Waals surface area contributed by atoms with Crippen LogP contribution in [0.25, 0.3) is 88.5 Å². The van der Waals surface area contributed by atoms with Crippen molar-refractivity contribution < 1.29 is 0 Å². The summed E-state index contributed by atoms with van der Waals surface area (Å²) < 4.78 is 0. The lowest BCUT2D eigenvalue weighted by Crippen LogP contribution is -2.14. The van der Waals surface area contributed by atoms with Crippen molar-refractivity contribution in [1.29, 1.82) is 0 Å². The lowest BCUT2D eigenvalue weighted by Gasteiger charge is -2.22. The number of nitrogens with zero attached hydrogens (tertiary/aromatic N) is 4. The Morgan fingerprint density at radius 1 is 0.412 bits per heavy atom. The largest absolute Gasteiger partial charge is 0.254 e. The molecule has 4 heteroatoms. The maximum absolute atomic E-state index is 4.85. The summed E-state index contributed by atoms with van der Waals surface area (Å²) in [5, 5.41) is 12.5. The predicted octanol–water partition coefficient (Wildman–Crippen LogP) is 11.7. The van der Waals surface area contributed by atoms with Gasteiger partial charge < -0.3 is 0 Å². The fourth-order valence-electron chi connectivity index (χ4n) is 7.87. The molecule has 4 nitrogen and oxygen atoms in total.